The van der Waals surface area contributed by atoms with E-state index in [4.69, 9.17) is 4.74 Å². The van der Waals surface area contributed by atoms with Crippen molar-refractivity contribution in [2.75, 3.05) is 11.9 Å². The van der Waals surface area contributed by atoms with Crippen LogP contribution in [0.4, 0.5) is 5.69 Å². The lowest BCUT2D eigenvalue weighted by Gasteiger charge is -2.25. The number of benzene rings is 2. The van der Waals surface area contributed by atoms with Crippen molar-refractivity contribution in [3.63, 3.8) is 0 Å². The summed E-state index contributed by atoms with van der Waals surface area (Å²) < 4.78 is 5.75. The van der Waals surface area contributed by atoms with Gasteiger partial charge < -0.3 is 10.1 Å². The number of ether oxygens (including phenoxy) is 1. The molecular weight excluding hydrogens is 250 g/mol. The lowest BCUT2D eigenvalue weighted by molar-refractivity contribution is -0.119. The Bertz CT molecular complexity index is 595. The first kappa shape index (κ1) is 12.9. The van der Waals surface area contributed by atoms with Gasteiger partial charge in [-0.1, -0.05) is 42.5 Å². The van der Waals surface area contributed by atoms with Gasteiger partial charge in [0.15, 0.2) is 0 Å². The molecule has 1 amide bonds. The minimum Gasteiger partial charge on any atom is -0.373 e. The maximum atomic E-state index is 12.1. The van der Waals surface area contributed by atoms with Crippen LogP contribution < -0.4 is 5.32 Å². The minimum absolute atomic E-state index is 0.0158. The van der Waals surface area contributed by atoms with E-state index in [1.807, 2.05) is 42.5 Å². The van der Waals surface area contributed by atoms with Crippen molar-refractivity contribution >= 4 is 11.6 Å². The summed E-state index contributed by atoms with van der Waals surface area (Å²) in [6.07, 6.45) is 1.14. The highest BCUT2D eigenvalue weighted by molar-refractivity contribution is 5.91. The molecule has 0 spiro atoms. The van der Waals surface area contributed by atoms with Gasteiger partial charge in [0, 0.05) is 5.69 Å². The van der Waals surface area contributed by atoms with Crippen LogP contribution in [0.1, 0.15) is 23.7 Å². The van der Waals surface area contributed by atoms with Crippen molar-refractivity contribution in [1.29, 1.82) is 0 Å². The smallest absolute Gasteiger partial charge is 0.227 e. The van der Waals surface area contributed by atoms with Gasteiger partial charge in [0.05, 0.1) is 19.1 Å². The third-order valence-electron chi connectivity index (χ3n) is 3.52. The molecule has 3 nitrogen and oxygen atoms in total. The van der Waals surface area contributed by atoms with Gasteiger partial charge in [-0.15, -0.1) is 0 Å². The molecule has 2 aromatic rings. The van der Waals surface area contributed by atoms with Crippen molar-refractivity contribution in [3.05, 3.63) is 65.7 Å². The summed E-state index contributed by atoms with van der Waals surface area (Å²) >= 11 is 0. The molecule has 3 rings (SSSR count). The number of carbonyl (C=O) groups excluding carboxylic acids is 1. The first-order valence-electron chi connectivity index (χ1n) is 6.87. The molecule has 20 heavy (non-hydrogen) atoms. The number of anilines is 1. The number of hydrogen-bond donors (Lipinski definition) is 1. The Balaban J connectivity index is 1.68. The molecule has 0 saturated carbocycles. The number of amides is 1. The normalized spacial score (nSPS) is 17.3. The summed E-state index contributed by atoms with van der Waals surface area (Å²) in [5.41, 5.74) is 3.25. The zero-order valence-electron chi connectivity index (χ0n) is 11.2. The Kier molecular flexibility index (Phi) is 3.79. The van der Waals surface area contributed by atoms with Gasteiger partial charge in [-0.2, -0.15) is 0 Å². The van der Waals surface area contributed by atoms with Crippen LogP contribution in [0, 0.1) is 0 Å². The zero-order chi connectivity index (χ0) is 13.8. The summed E-state index contributed by atoms with van der Waals surface area (Å²) in [5.74, 6) is -0.0158. The van der Waals surface area contributed by atoms with E-state index in [2.05, 4.69) is 17.4 Å². The summed E-state index contributed by atoms with van der Waals surface area (Å²) in [4.78, 5) is 12.1. The molecule has 0 fully saturated rings. The van der Waals surface area contributed by atoms with Crippen molar-refractivity contribution < 1.29 is 9.53 Å². The second kappa shape index (κ2) is 5.88. The third kappa shape index (κ3) is 2.89. The van der Waals surface area contributed by atoms with Crippen LogP contribution in [-0.4, -0.2) is 12.5 Å². The second-order valence-electron chi connectivity index (χ2n) is 4.93. The standard InChI is InChI=1S/C17H17NO2/c19-17(18-14-7-2-1-3-8-14)12-16-15-9-5-4-6-13(15)10-11-20-16/h1-9,16H,10-12H2,(H,18,19). The highest BCUT2D eigenvalue weighted by Gasteiger charge is 2.22. The number of carbonyl (C=O) groups is 1. The van der Waals surface area contributed by atoms with Gasteiger partial charge in [-0.3, -0.25) is 4.79 Å². The summed E-state index contributed by atoms with van der Waals surface area (Å²) in [7, 11) is 0. The molecule has 1 unspecified atom stereocenters. The number of para-hydroxylation sites is 1. The third-order valence-corrected chi connectivity index (χ3v) is 3.52. The molecule has 1 heterocycles. The van der Waals surface area contributed by atoms with Crippen molar-refractivity contribution in [2.45, 2.75) is 18.9 Å². The summed E-state index contributed by atoms with van der Waals surface area (Å²) in [5, 5.41) is 2.90. The van der Waals surface area contributed by atoms with Gasteiger partial charge in [0.1, 0.15) is 0 Å². The highest BCUT2D eigenvalue weighted by atomic mass is 16.5. The molecule has 0 aromatic heterocycles. The fourth-order valence-electron chi connectivity index (χ4n) is 2.55. The van der Waals surface area contributed by atoms with Crippen molar-refractivity contribution in [1.82, 2.24) is 0 Å². The fraction of sp³-hybridized carbons (Fsp3) is 0.235. The van der Waals surface area contributed by atoms with Crippen LogP contribution in [0.3, 0.4) is 0 Å². The number of rotatable bonds is 3. The summed E-state index contributed by atoms with van der Waals surface area (Å²) in [6, 6.07) is 17.7. The average molecular weight is 267 g/mol. The molecule has 102 valence electrons. The van der Waals surface area contributed by atoms with E-state index >= 15 is 0 Å². The van der Waals surface area contributed by atoms with Crippen LogP contribution in [0.15, 0.2) is 54.6 Å². The van der Waals surface area contributed by atoms with Gasteiger partial charge in [-0.25, -0.2) is 0 Å². The molecule has 1 aliphatic heterocycles. The second-order valence-corrected chi connectivity index (χ2v) is 4.93. The largest absolute Gasteiger partial charge is 0.373 e. The Morgan fingerprint density at radius 3 is 2.70 bits per heavy atom. The lowest BCUT2D eigenvalue weighted by atomic mass is 9.95. The topological polar surface area (TPSA) is 38.3 Å². The Morgan fingerprint density at radius 1 is 1.10 bits per heavy atom. The molecule has 0 aliphatic carbocycles. The van der Waals surface area contributed by atoms with Crippen LogP contribution in [0.5, 0.6) is 0 Å². The van der Waals surface area contributed by atoms with Crippen LogP contribution in [0.25, 0.3) is 0 Å². The van der Waals surface area contributed by atoms with Crippen molar-refractivity contribution in [3.8, 4) is 0 Å². The predicted molar refractivity (Wildman–Crippen MR) is 78.5 cm³/mol. The van der Waals surface area contributed by atoms with E-state index in [-0.39, 0.29) is 12.0 Å². The lowest BCUT2D eigenvalue weighted by Crippen LogP contribution is -2.22. The number of hydrogen-bond acceptors (Lipinski definition) is 2. The zero-order valence-corrected chi connectivity index (χ0v) is 11.2. The summed E-state index contributed by atoms with van der Waals surface area (Å²) in [6.45, 7) is 0.681. The minimum atomic E-state index is -0.135. The van der Waals surface area contributed by atoms with Gasteiger partial charge in [0.25, 0.3) is 0 Å². The number of fused-ring (bicyclic) bond motifs is 1. The van der Waals surface area contributed by atoms with E-state index in [0.717, 1.165) is 17.7 Å². The quantitative estimate of drug-likeness (QED) is 0.926. The Hall–Kier alpha value is -2.13. The van der Waals surface area contributed by atoms with Crippen LogP contribution >= 0.6 is 0 Å². The predicted octanol–water partition coefficient (Wildman–Crippen LogP) is 3.33. The Morgan fingerprint density at radius 2 is 1.85 bits per heavy atom. The van der Waals surface area contributed by atoms with Crippen molar-refractivity contribution in [2.24, 2.45) is 0 Å². The van der Waals surface area contributed by atoms with E-state index in [1.165, 1.54) is 5.56 Å². The monoisotopic (exact) mass is 267 g/mol. The van der Waals surface area contributed by atoms with Gasteiger partial charge >= 0.3 is 0 Å². The molecule has 1 atom stereocenters. The average Bonchev–Trinajstić information content (AvgIpc) is 2.48. The van der Waals surface area contributed by atoms with E-state index in [1.54, 1.807) is 0 Å². The number of nitrogens with one attached hydrogen (secondary N) is 1. The molecule has 1 aliphatic rings. The molecular formula is C17H17NO2. The van der Waals surface area contributed by atoms with E-state index in [9.17, 15) is 4.79 Å². The molecule has 0 saturated heterocycles. The van der Waals surface area contributed by atoms with Gasteiger partial charge in [0.2, 0.25) is 5.91 Å². The Labute approximate surface area is 118 Å². The molecule has 2 aromatic carbocycles. The SMILES string of the molecule is O=C(CC1OCCc2ccccc21)Nc1ccccc1. The molecule has 1 N–H and O–H groups in total. The van der Waals surface area contributed by atoms with E-state index < -0.39 is 0 Å². The van der Waals surface area contributed by atoms with Gasteiger partial charge in [-0.05, 0) is 29.7 Å². The maximum Gasteiger partial charge on any atom is 0.227 e. The molecule has 0 radical (unpaired) electrons. The van der Waals surface area contributed by atoms with Crippen LogP contribution in [0.2, 0.25) is 0 Å². The van der Waals surface area contributed by atoms with Crippen LogP contribution in [-0.2, 0) is 16.0 Å². The first-order valence-corrected chi connectivity index (χ1v) is 6.87. The maximum absolute atomic E-state index is 12.1. The fourth-order valence-corrected chi connectivity index (χ4v) is 2.55. The molecule has 0 bridgehead atoms. The first-order chi connectivity index (χ1) is 9.83. The van der Waals surface area contributed by atoms with E-state index in [0.29, 0.717) is 13.0 Å². The molecule has 3 heteroatoms. The highest BCUT2D eigenvalue weighted by Crippen LogP contribution is 2.29.